The van der Waals surface area contributed by atoms with Crippen LogP contribution in [0.25, 0.3) is 0 Å². The molecule has 1 rings (SSSR count). The molecule has 0 saturated carbocycles. The molecule has 0 saturated heterocycles. The van der Waals surface area contributed by atoms with E-state index in [-0.39, 0.29) is 0 Å². The number of hydrogen-bond donors (Lipinski definition) is 1. The second-order valence-electron chi connectivity index (χ2n) is 5.46. The third-order valence-corrected chi connectivity index (χ3v) is 3.50. The number of benzene rings is 1. The van der Waals surface area contributed by atoms with E-state index in [2.05, 4.69) is 50.9 Å². The molecule has 1 aromatic rings. The maximum Gasteiger partial charge on any atom is 0.0320 e. The SMILES string of the molecule is C=CCCCCCC(NCC)c1cc(C)cc(C)c1. The Labute approximate surface area is 119 Å². The molecule has 19 heavy (non-hydrogen) atoms. The van der Waals surface area contributed by atoms with Gasteiger partial charge >= 0.3 is 0 Å². The van der Waals surface area contributed by atoms with Crippen molar-refractivity contribution < 1.29 is 0 Å². The summed E-state index contributed by atoms with van der Waals surface area (Å²) in [4.78, 5) is 0. The quantitative estimate of drug-likeness (QED) is 0.481. The first-order valence-corrected chi connectivity index (χ1v) is 7.59. The van der Waals surface area contributed by atoms with E-state index in [1.54, 1.807) is 0 Å². The molecule has 0 aliphatic rings. The van der Waals surface area contributed by atoms with E-state index in [1.165, 1.54) is 42.4 Å². The standard InChI is InChI=1S/C18H29N/c1-5-7-8-9-10-11-18(19-6-2)17-13-15(3)12-16(4)14-17/h5,12-14,18-19H,1,6-11H2,2-4H3. The Kier molecular flexibility index (Phi) is 7.50. The summed E-state index contributed by atoms with van der Waals surface area (Å²) in [6.07, 6.45) is 8.27. The minimum atomic E-state index is 0.507. The Balaban J connectivity index is 2.57. The highest BCUT2D eigenvalue weighted by molar-refractivity contribution is 5.30. The van der Waals surface area contributed by atoms with Gasteiger partial charge in [0, 0.05) is 6.04 Å². The first-order valence-electron chi connectivity index (χ1n) is 7.59. The second kappa shape index (κ2) is 8.92. The maximum atomic E-state index is 3.78. The van der Waals surface area contributed by atoms with Crippen LogP contribution in [0.2, 0.25) is 0 Å². The number of unbranched alkanes of at least 4 members (excludes halogenated alkanes) is 3. The molecule has 106 valence electrons. The van der Waals surface area contributed by atoms with Gasteiger partial charge in [0.25, 0.3) is 0 Å². The highest BCUT2D eigenvalue weighted by Gasteiger charge is 2.10. The van der Waals surface area contributed by atoms with E-state index in [0.717, 1.165) is 13.0 Å². The molecule has 0 aromatic heterocycles. The Morgan fingerprint density at radius 2 is 1.79 bits per heavy atom. The Morgan fingerprint density at radius 1 is 1.11 bits per heavy atom. The molecule has 0 bridgehead atoms. The molecule has 1 atom stereocenters. The van der Waals surface area contributed by atoms with Gasteiger partial charge in [-0.15, -0.1) is 6.58 Å². The van der Waals surface area contributed by atoms with E-state index in [9.17, 15) is 0 Å². The molecule has 0 heterocycles. The van der Waals surface area contributed by atoms with Gasteiger partial charge in [-0.25, -0.2) is 0 Å². The number of hydrogen-bond acceptors (Lipinski definition) is 1. The molecular weight excluding hydrogens is 230 g/mol. The van der Waals surface area contributed by atoms with Crippen LogP contribution in [0, 0.1) is 13.8 Å². The van der Waals surface area contributed by atoms with Crippen molar-refractivity contribution in [3.63, 3.8) is 0 Å². The first-order chi connectivity index (χ1) is 9.17. The Bertz CT molecular complexity index is 361. The fourth-order valence-electron chi connectivity index (χ4n) is 2.66. The average Bonchev–Trinajstić information content (AvgIpc) is 2.36. The zero-order chi connectivity index (χ0) is 14.1. The summed E-state index contributed by atoms with van der Waals surface area (Å²) in [5, 5.41) is 3.62. The number of nitrogens with one attached hydrogen (secondary N) is 1. The molecule has 1 aromatic carbocycles. The number of aryl methyl sites for hydroxylation is 2. The van der Waals surface area contributed by atoms with Crippen LogP contribution in [0.4, 0.5) is 0 Å². The molecule has 0 aliphatic carbocycles. The van der Waals surface area contributed by atoms with Gasteiger partial charge in [-0.3, -0.25) is 0 Å². The summed E-state index contributed by atoms with van der Waals surface area (Å²) in [5.41, 5.74) is 4.18. The van der Waals surface area contributed by atoms with Gasteiger partial charge < -0.3 is 5.32 Å². The maximum absolute atomic E-state index is 3.78. The van der Waals surface area contributed by atoms with Crippen LogP contribution in [-0.4, -0.2) is 6.54 Å². The third-order valence-electron chi connectivity index (χ3n) is 3.50. The van der Waals surface area contributed by atoms with Gasteiger partial charge in [0.2, 0.25) is 0 Å². The Morgan fingerprint density at radius 3 is 2.37 bits per heavy atom. The average molecular weight is 259 g/mol. The summed E-state index contributed by atoms with van der Waals surface area (Å²) in [5.74, 6) is 0. The van der Waals surface area contributed by atoms with E-state index in [0.29, 0.717) is 6.04 Å². The van der Waals surface area contributed by atoms with Gasteiger partial charge in [0.15, 0.2) is 0 Å². The van der Waals surface area contributed by atoms with Crippen molar-refractivity contribution in [2.45, 2.75) is 58.9 Å². The lowest BCUT2D eigenvalue weighted by Crippen LogP contribution is -2.21. The van der Waals surface area contributed by atoms with Gasteiger partial charge in [-0.2, -0.15) is 0 Å². The van der Waals surface area contributed by atoms with Crippen molar-refractivity contribution in [3.05, 3.63) is 47.5 Å². The van der Waals surface area contributed by atoms with Gasteiger partial charge in [-0.1, -0.05) is 55.2 Å². The molecule has 1 unspecified atom stereocenters. The van der Waals surface area contributed by atoms with Crippen molar-refractivity contribution in [2.75, 3.05) is 6.54 Å². The van der Waals surface area contributed by atoms with E-state index < -0.39 is 0 Å². The van der Waals surface area contributed by atoms with E-state index in [1.807, 2.05) is 6.08 Å². The predicted octanol–water partition coefficient (Wildman–Crippen LogP) is 5.09. The zero-order valence-electron chi connectivity index (χ0n) is 12.8. The van der Waals surface area contributed by atoms with Crippen molar-refractivity contribution in [3.8, 4) is 0 Å². The van der Waals surface area contributed by atoms with Crippen molar-refractivity contribution >= 4 is 0 Å². The fraction of sp³-hybridized carbons (Fsp3) is 0.556. The second-order valence-corrected chi connectivity index (χ2v) is 5.46. The van der Waals surface area contributed by atoms with Crippen LogP contribution in [0.1, 0.15) is 61.8 Å². The molecule has 0 amide bonds. The first kappa shape index (κ1) is 16.0. The van der Waals surface area contributed by atoms with Gasteiger partial charge in [-0.05, 0) is 45.2 Å². The molecule has 0 radical (unpaired) electrons. The molecule has 0 fully saturated rings. The molecule has 0 aliphatic heterocycles. The monoisotopic (exact) mass is 259 g/mol. The molecule has 0 spiro atoms. The highest BCUT2D eigenvalue weighted by Crippen LogP contribution is 2.22. The Hall–Kier alpha value is -1.08. The largest absolute Gasteiger partial charge is 0.310 e. The lowest BCUT2D eigenvalue weighted by atomic mass is 9.96. The molecule has 1 nitrogen and oxygen atoms in total. The van der Waals surface area contributed by atoms with E-state index in [4.69, 9.17) is 0 Å². The van der Waals surface area contributed by atoms with Crippen LogP contribution in [0.5, 0.6) is 0 Å². The summed E-state index contributed by atoms with van der Waals surface area (Å²) in [6.45, 7) is 11.4. The summed E-state index contributed by atoms with van der Waals surface area (Å²) in [7, 11) is 0. The summed E-state index contributed by atoms with van der Waals surface area (Å²) < 4.78 is 0. The minimum Gasteiger partial charge on any atom is -0.310 e. The lowest BCUT2D eigenvalue weighted by Gasteiger charge is -2.19. The third kappa shape index (κ3) is 6.07. The number of rotatable bonds is 9. The smallest absolute Gasteiger partial charge is 0.0320 e. The van der Waals surface area contributed by atoms with E-state index >= 15 is 0 Å². The van der Waals surface area contributed by atoms with Crippen LogP contribution in [0.15, 0.2) is 30.9 Å². The van der Waals surface area contributed by atoms with Crippen molar-refractivity contribution in [1.82, 2.24) is 5.32 Å². The number of allylic oxidation sites excluding steroid dienone is 1. The highest BCUT2D eigenvalue weighted by atomic mass is 14.9. The lowest BCUT2D eigenvalue weighted by molar-refractivity contribution is 0.483. The molecule has 1 heteroatoms. The van der Waals surface area contributed by atoms with Crippen LogP contribution >= 0.6 is 0 Å². The summed E-state index contributed by atoms with van der Waals surface area (Å²) >= 11 is 0. The van der Waals surface area contributed by atoms with Crippen molar-refractivity contribution in [1.29, 1.82) is 0 Å². The predicted molar refractivity (Wildman–Crippen MR) is 85.6 cm³/mol. The van der Waals surface area contributed by atoms with Crippen LogP contribution in [0.3, 0.4) is 0 Å². The van der Waals surface area contributed by atoms with Gasteiger partial charge in [0.1, 0.15) is 0 Å². The minimum absolute atomic E-state index is 0.507. The normalized spacial score (nSPS) is 12.4. The van der Waals surface area contributed by atoms with Crippen LogP contribution < -0.4 is 5.32 Å². The topological polar surface area (TPSA) is 12.0 Å². The summed E-state index contributed by atoms with van der Waals surface area (Å²) in [6, 6.07) is 7.40. The molecular formula is C18H29N. The zero-order valence-corrected chi connectivity index (χ0v) is 12.8. The fourth-order valence-corrected chi connectivity index (χ4v) is 2.66. The van der Waals surface area contributed by atoms with Crippen LogP contribution in [-0.2, 0) is 0 Å². The van der Waals surface area contributed by atoms with Gasteiger partial charge in [0.05, 0.1) is 0 Å². The molecule has 1 N–H and O–H groups in total. The van der Waals surface area contributed by atoms with Crippen molar-refractivity contribution in [2.24, 2.45) is 0 Å².